The molecule has 144 valence electrons. The molecule has 4 rings (SSSR count). The lowest BCUT2D eigenvalue weighted by molar-refractivity contribution is -0.134. The maximum atomic E-state index is 12.1. The molecule has 27 heavy (non-hydrogen) atoms. The minimum Gasteiger partial charge on any atom is -0.393 e. The third kappa shape index (κ3) is 4.00. The Morgan fingerprint density at radius 2 is 2.11 bits per heavy atom. The molecule has 1 aromatic heterocycles. The number of aromatic nitrogens is 2. The van der Waals surface area contributed by atoms with Crippen LogP contribution in [0, 0.1) is 5.92 Å². The number of rotatable bonds is 5. The van der Waals surface area contributed by atoms with E-state index < -0.39 is 6.10 Å². The van der Waals surface area contributed by atoms with Crippen molar-refractivity contribution < 1.29 is 9.90 Å². The summed E-state index contributed by atoms with van der Waals surface area (Å²) >= 11 is 0. The highest BCUT2D eigenvalue weighted by molar-refractivity contribution is 5.76. The van der Waals surface area contributed by atoms with Crippen molar-refractivity contribution in [2.24, 2.45) is 5.92 Å². The Balaban J connectivity index is 1.34. The average Bonchev–Trinajstić information content (AvgIpc) is 3.32. The second-order valence-corrected chi connectivity index (χ2v) is 7.90. The van der Waals surface area contributed by atoms with Crippen molar-refractivity contribution in [3.8, 4) is 11.1 Å². The lowest BCUT2D eigenvalue weighted by atomic mass is 9.95. The first-order valence-corrected chi connectivity index (χ1v) is 9.93. The van der Waals surface area contributed by atoms with E-state index in [0.717, 1.165) is 51.0 Å². The van der Waals surface area contributed by atoms with Crippen molar-refractivity contribution in [1.82, 2.24) is 15.1 Å². The fraction of sp³-hybridized carbons (Fsp3) is 0.524. The predicted octanol–water partition coefficient (Wildman–Crippen LogP) is 2.45. The van der Waals surface area contributed by atoms with Gasteiger partial charge in [0.1, 0.15) is 0 Å². The van der Waals surface area contributed by atoms with Gasteiger partial charge >= 0.3 is 0 Å². The molecule has 0 bridgehead atoms. The van der Waals surface area contributed by atoms with Gasteiger partial charge in [-0.1, -0.05) is 6.07 Å². The molecule has 1 amide bonds. The number of likely N-dealkylation sites (tertiary alicyclic amines) is 1. The lowest BCUT2D eigenvalue weighted by Gasteiger charge is -2.35. The highest BCUT2D eigenvalue weighted by atomic mass is 16.3. The van der Waals surface area contributed by atoms with E-state index in [1.165, 1.54) is 16.8 Å². The van der Waals surface area contributed by atoms with Crippen molar-refractivity contribution in [3.63, 3.8) is 0 Å². The minimum absolute atomic E-state index is 0.0849. The molecule has 2 aromatic rings. The van der Waals surface area contributed by atoms with Crippen LogP contribution in [-0.2, 0) is 11.2 Å². The molecule has 0 aliphatic carbocycles. The van der Waals surface area contributed by atoms with Gasteiger partial charge in [0, 0.05) is 43.6 Å². The summed E-state index contributed by atoms with van der Waals surface area (Å²) in [6, 6.07) is 6.71. The summed E-state index contributed by atoms with van der Waals surface area (Å²) in [7, 11) is 0. The van der Waals surface area contributed by atoms with E-state index in [2.05, 4.69) is 33.3 Å². The highest BCUT2D eigenvalue weighted by Gasteiger charge is 2.27. The summed E-state index contributed by atoms with van der Waals surface area (Å²) < 4.78 is 0. The van der Waals surface area contributed by atoms with Crippen LogP contribution in [0.4, 0.5) is 5.69 Å². The molecule has 1 saturated heterocycles. The molecule has 0 spiro atoms. The maximum Gasteiger partial charge on any atom is 0.225 e. The first kappa shape index (κ1) is 18.0. The third-order valence-corrected chi connectivity index (χ3v) is 5.82. The van der Waals surface area contributed by atoms with Gasteiger partial charge in [0.2, 0.25) is 5.91 Å². The number of carbonyl (C=O) groups is 1. The van der Waals surface area contributed by atoms with Crippen LogP contribution in [0.15, 0.2) is 30.6 Å². The Morgan fingerprint density at radius 3 is 2.81 bits per heavy atom. The van der Waals surface area contributed by atoms with E-state index in [1.54, 1.807) is 6.92 Å². The number of aliphatic hydroxyl groups is 1. The summed E-state index contributed by atoms with van der Waals surface area (Å²) in [6.45, 7) is 5.45. The second kappa shape index (κ2) is 7.72. The van der Waals surface area contributed by atoms with Crippen molar-refractivity contribution in [3.05, 3.63) is 36.2 Å². The van der Waals surface area contributed by atoms with Crippen LogP contribution in [0.3, 0.4) is 0 Å². The number of nitrogens with one attached hydrogen (secondary N) is 1. The Morgan fingerprint density at radius 1 is 1.30 bits per heavy atom. The van der Waals surface area contributed by atoms with Crippen LogP contribution in [0.25, 0.3) is 11.1 Å². The van der Waals surface area contributed by atoms with Gasteiger partial charge in [-0.25, -0.2) is 0 Å². The Kier molecular flexibility index (Phi) is 5.16. The van der Waals surface area contributed by atoms with E-state index in [-0.39, 0.29) is 12.3 Å². The molecule has 6 nitrogen and oxygen atoms in total. The third-order valence-electron chi connectivity index (χ3n) is 5.82. The summed E-state index contributed by atoms with van der Waals surface area (Å²) in [5, 5.41) is 16.3. The van der Waals surface area contributed by atoms with E-state index >= 15 is 0 Å². The van der Waals surface area contributed by atoms with Crippen molar-refractivity contribution in [2.75, 3.05) is 31.1 Å². The summed E-state index contributed by atoms with van der Waals surface area (Å²) in [5.41, 5.74) is 5.12. The molecular weight excluding hydrogens is 340 g/mol. The Labute approximate surface area is 160 Å². The standard InChI is InChI=1S/C21H28N4O2/c1-15(26)10-21(27)24-7-4-16(5-8-24)14-25-9-6-18-11-17(2-3-20(18)25)19-12-22-23-13-19/h2-3,11-13,15-16,26H,4-10,14H2,1H3,(H,22,23). The zero-order valence-electron chi connectivity index (χ0n) is 15.9. The van der Waals surface area contributed by atoms with Crippen LogP contribution < -0.4 is 4.90 Å². The number of carbonyl (C=O) groups excluding carboxylic acids is 1. The summed E-state index contributed by atoms with van der Waals surface area (Å²) in [4.78, 5) is 16.5. The molecule has 0 saturated carbocycles. The molecule has 3 heterocycles. The number of benzene rings is 1. The van der Waals surface area contributed by atoms with Crippen LogP contribution in [0.2, 0.25) is 0 Å². The first-order valence-electron chi connectivity index (χ1n) is 9.93. The number of anilines is 1. The summed E-state index contributed by atoms with van der Waals surface area (Å²) in [5.74, 6) is 0.710. The molecule has 1 fully saturated rings. The van der Waals surface area contributed by atoms with Crippen LogP contribution >= 0.6 is 0 Å². The van der Waals surface area contributed by atoms with Crippen molar-refractivity contribution in [1.29, 1.82) is 0 Å². The predicted molar refractivity (Wildman–Crippen MR) is 106 cm³/mol. The number of aromatic amines is 1. The largest absolute Gasteiger partial charge is 0.393 e. The Hall–Kier alpha value is -2.34. The molecule has 0 radical (unpaired) electrons. The fourth-order valence-corrected chi connectivity index (χ4v) is 4.31. The molecular formula is C21H28N4O2. The number of aliphatic hydroxyl groups excluding tert-OH is 1. The normalized spacial score (nSPS) is 18.6. The number of hydrogen-bond donors (Lipinski definition) is 2. The van der Waals surface area contributed by atoms with E-state index in [9.17, 15) is 9.90 Å². The second-order valence-electron chi connectivity index (χ2n) is 7.90. The van der Waals surface area contributed by atoms with Gasteiger partial charge in [-0.3, -0.25) is 9.89 Å². The number of piperidine rings is 1. The van der Waals surface area contributed by atoms with Gasteiger partial charge in [-0.2, -0.15) is 5.10 Å². The van der Waals surface area contributed by atoms with Crippen LogP contribution in [0.1, 0.15) is 31.7 Å². The zero-order valence-corrected chi connectivity index (χ0v) is 15.9. The number of H-pyrrole nitrogens is 1. The maximum absolute atomic E-state index is 12.1. The van der Waals surface area contributed by atoms with Gasteiger partial charge in [0.15, 0.2) is 0 Å². The average molecular weight is 368 g/mol. The highest BCUT2D eigenvalue weighted by Crippen LogP contribution is 2.33. The number of fused-ring (bicyclic) bond motifs is 1. The lowest BCUT2D eigenvalue weighted by Crippen LogP contribution is -2.42. The van der Waals surface area contributed by atoms with Gasteiger partial charge in [0.05, 0.1) is 18.7 Å². The van der Waals surface area contributed by atoms with E-state index in [4.69, 9.17) is 0 Å². The first-order chi connectivity index (χ1) is 13.1. The SMILES string of the molecule is CC(O)CC(=O)N1CCC(CN2CCc3cc(-c4cn[nH]c4)ccc32)CC1. The molecule has 2 aliphatic heterocycles. The minimum atomic E-state index is -0.553. The quantitative estimate of drug-likeness (QED) is 0.850. The van der Waals surface area contributed by atoms with E-state index in [1.807, 2.05) is 17.3 Å². The molecule has 2 aliphatic rings. The van der Waals surface area contributed by atoms with Crippen molar-refractivity contribution >= 4 is 11.6 Å². The monoisotopic (exact) mass is 368 g/mol. The number of hydrogen-bond acceptors (Lipinski definition) is 4. The van der Waals surface area contributed by atoms with Gasteiger partial charge in [0.25, 0.3) is 0 Å². The zero-order chi connectivity index (χ0) is 18.8. The molecule has 6 heteroatoms. The van der Waals surface area contributed by atoms with E-state index in [0.29, 0.717) is 5.92 Å². The molecule has 1 aromatic carbocycles. The van der Waals surface area contributed by atoms with Gasteiger partial charge in [-0.15, -0.1) is 0 Å². The summed E-state index contributed by atoms with van der Waals surface area (Å²) in [6.07, 6.45) is 6.66. The molecule has 2 N–H and O–H groups in total. The molecule has 1 unspecified atom stereocenters. The van der Waals surface area contributed by atoms with Crippen LogP contribution in [0.5, 0.6) is 0 Å². The number of nitrogens with zero attached hydrogens (tertiary/aromatic N) is 3. The fourth-order valence-electron chi connectivity index (χ4n) is 4.31. The Bertz CT molecular complexity index is 779. The smallest absolute Gasteiger partial charge is 0.225 e. The van der Waals surface area contributed by atoms with Crippen molar-refractivity contribution in [2.45, 2.75) is 38.7 Å². The number of amides is 1. The topological polar surface area (TPSA) is 72.5 Å². The molecule has 1 atom stereocenters. The van der Waals surface area contributed by atoms with Gasteiger partial charge < -0.3 is 14.9 Å². The van der Waals surface area contributed by atoms with Crippen LogP contribution in [-0.4, -0.2) is 58.4 Å². The van der Waals surface area contributed by atoms with Gasteiger partial charge in [-0.05, 0) is 55.4 Å².